The summed E-state index contributed by atoms with van der Waals surface area (Å²) in [7, 11) is 3.28. The quantitative estimate of drug-likeness (QED) is 0.496. The van der Waals surface area contributed by atoms with E-state index in [1.165, 1.54) is 0 Å². The molecule has 0 amide bonds. The van der Waals surface area contributed by atoms with Gasteiger partial charge in [-0.15, -0.1) is 0 Å². The van der Waals surface area contributed by atoms with E-state index in [1.807, 2.05) is 0 Å². The normalized spacial score (nSPS) is 36.7. The lowest BCUT2D eigenvalue weighted by atomic mass is 10.1. The third-order valence-corrected chi connectivity index (χ3v) is 3.38. The average Bonchev–Trinajstić information content (AvgIpc) is 2.41. The average molecular weight is 262 g/mol. The zero-order chi connectivity index (χ0) is 13.4. The minimum Gasteiger partial charge on any atom is -0.389 e. The van der Waals surface area contributed by atoms with Crippen molar-refractivity contribution < 1.29 is 19.7 Å². The van der Waals surface area contributed by atoms with Gasteiger partial charge in [-0.3, -0.25) is 0 Å². The van der Waals surface area contributed by atoms with E-state index >= 15 is 0 Å². The molecule has 6 heteroatoms. The Kier molecular flexibility index (Phi) is 7.73. The summed E-state index contributed by atoms with van der Waals surface area (Å²) in [6.45, 7) is 3.24. The predicted molar refractivity (Wildman–Crippen MR) is 68.6 cm³/mol. The largest absolute Gasteiger partial charge is 0.389 e. The van der Waals surface area contributed by atoms with Crippen LogP contribution in [0.1, 0.15) is 12.8 Å². The number of rotatable bonds is 2. The summed E-state index contributed by atoms with van der Waals surface area (Å²) in [5.74, 6) is 0. The van der Waals surface area contributed by atoms with Gasteiger partial charge in [0.15, 0.2) is 0 Å². The van der Waals surface area contributed by atoms with E-state index < -0.39 is 0 Å². The van der Waals surface area contributed by atoms with Crippen LogP contribution in [0.25, 0.3) is 0 Å². The van der Waals surface area contributed by atoms with Crippen molar-refractivity contribution in [1.29, 1.82) is 0 Å². The number of hydrogen-bond acceptors (Lipinski definition) is 6. The van der Waals surface area contributed by atoms with Crippen molar-refractivity contribution in [2.75, 3.05) is 40.4 Å². The molecule has 0 unspecified atom stereocenters. The summed E-state index contributed by atoms with van der Waals surface area (Å²) in [4.78, 5) is 0. The number of hydrogen-bond donors (Lipinski definition) is 4. The lowest BCUT2D eigenvalue weighted by molar-refractivity contribution is -0.0280. The summed E-state index contributed by atoms with van der Waals surface area (Å²) < 4.78 is 10.0. The van der Waals surface area contributed by atoms with Crippen LogP contribution in [0.2, 0.25) is 0 Å². The molecule has 6 nitrogen and oxygen atoms in total. The van der Waals surface area contributed by atoms with E-state index in [9.17, 15) is 10.2 Å². The first-order chi connectivity index (χ1) is 8.69. The lowest BCUT2D eigenvalue weighted by Crippen LogP contribution is -2.44. The molecule has 0 radical (unpaired) electrons. The van der Waals surface area contributed by atoms with Crippen LogP contribution in [-0.2, 0) is 9.47 Å². The maximum absolute atomic E-state index is 9.18. The summed E-state index contributed by atoms with van der Waals surface area (Å²) in [5.41, 5.74) is 0. The molecule has 0 aromatic heterocycles. The Morgan fingerprint density at radius 1 is 0.833 bits per heavy atom. The first-order valence-corrected chi connectivity index (χ1v) is 6.52. The van der Waals surface area contributed by atoms with Crippen LogP contribution in [0, 0.1) is 0 Å². The molecule has 2 heterocycles. The molecule has 0 bridgehead atoms. The van der Waals surface area contributed by atoms with Crippen molar-refractivity contribution in [2.45, 2.75) is 37.3 Å². The van der Waals surface area contributed by atoms with Crippen LogP contribution in [0.3, 0.4) is 0 Å². The number of aliphatic hydroxyl groups is 2. The summed E-state index contributed by atoms with van der Waals surface area (Å²) in [6.07, 6.45) is 1.29. The van der Waals surface area contributed by atoms with Crippen LogP contribution in [0.4, 0.5) is 0 Å². The minimum absolute atomic E-state index is 0.0475. The second-order valence-corrected chi connectivity index (χ2v) is 4.67. The molecule has 0 saturated carbocycles. The topological polar surface area (TPSA) is 83.0 Å². The van der Waals surface area contributed by atoms with Crippen molar-refractivity contribution in [3.8, 4) is 0 Å². The maximum Gasteiger partial charge on any atom is 0.0926 e. The number of aliphatic hydroxyl groups excluding tert-OH is 2. The van der Waals surface area contributed by atoms with E-state index in [2.05, 4.69) is 10.6 Å². The molecule has 0 aromatic carbocycles. The van der Waals surface area contributed by atoms with Gasteiger partial charge in [0.25, 0.3) is 0 Å². The fourth-order valence-corrected chi connectivity index (χ4v) is 2.19. The van der Waals surface area contributed by atoms with Crippen molar-refractivity contribution >= 4 is 0 Å². The molecule has 2 saturated heterocycles. The molecular weight excluding hydrogens is 236 g/mol. The fraction of sp³-hybridized carbons (Fsp3) is 1.00. The zero-order valence-corrected chi connectivity index (χ0v) is 11.3. The predicted octanol–water partition coefficient (Wildman–Crippen LogP) is -1.29. The molecule has 4 N–H and O–H groups in total. The van der Waals surface area contributed by atoms with Crippen molar-refractivity contribution in [3.05, 3.63) is 0 Å². The SMILES string of the molecule is CO[C@@H]1CCNC[C@H]1O.CO[C@H]1CCNC[C@@H]1O. The molecule has 2 aliphatic rings. The molecular formula is C12H26N2O4. The molecule has 108 valence electrons. The van der Waals surface area contributed by atoms with Crippen LogP contribution in [0.5, 0.6) is 0 Å². The molecule has 2 rings (SSSR count). The van der Waals surface area contributed by atoms with Gasteiger partial charge in [0.1, 0.15) is 0 Å². The first kappa shape index (κ1) is 15.8. The molecule has 0 spiro atoms. The van der Waals surface area contributed by atoms with Gasteiger partial charge < -0.3 is 30.3 Å². The van der Waals surface area contributed by atoms with Crippen LogP contribution in [-0.4, -0.2) is 75.0 Å². The van der Waals surface area contributed by atoms with E-state index in [1.54, 1.807) is 14.2 Å². The van der Waals surface area contributed by atoms with Crippen molar-refractivity contribution in [3.63, 3.8) is 0 Å². The third-order valence-electron chi connectivity index (χ3n) is 3.38. The monoisotopic (exact) mass is 262 g/mol. The highest BCUT2D eigenvalue weighted by Crippen LogP contribution is 2.06. The third kappa shape index (κ3) is 5.17. The molecule has 0 aromatic rings. The summed E-state index contributed by atoms with van der Waals surface area (Å²) in [6, 6.07) is 0. The second kappa shape index (κ2) is 8.79. The van der Waals surface area contributed by atoms with Gasteiger partial charge in [0, 0.05) is 27.3 Å². The lowest BCUT2D eigenvalue weighted by Gasteiger charge is -2.26. The zero-order valence-electron chi connectivity index (χ0n) is 11.3. The van der Waals surface area contributed by atoms with Crippen molar-refractivity contribution in [1.82, 2.24) is 10.6 Å². The minimum atomic E-state index is -0.316. The van der Waals surface area contributed by atoms with Gasteiger partial charge in [-0.25, -0.2) is 0 Å². The molecule has 0 aliphatic carbocycles. The Labute approximate surface area is 109 Å². The summed E-state index contributed by atoms with van der Waals surface area (Å²) in [5, 5.41) is 24.5. The highest BCUT2D eigenvalue weighted by Gasteiger charge is 2.22. The maximum atomic E-state index is 9.18. The van der Waals surface area contributed by atoms with Crippen LogP contribution >= 0.6 is 0 Å². The van der Waals surface area contributed by atoms with Crippen molar-refractivity contribution in [2.24, 2.45) is 0 Å². The Morgan fingerprint density at radius 2 is 1.22 bits per heavy atom. The molecule has 2 fully saturated rings. The Balaban J connectivity index is 0.000000180. The second-order valence-electron chi connectivity index (χ2n) is 4.67. The van der Waals surface area contributed by atoms with Gasteiger partial charge >= 0.3 is 0 Å². The van der Waals surface area contributed by atoms with E-state index in [-0.39, 0.29) is 24.4 Å². The van der Waals surface area contributed by atoms with Gasteiger partial charge in [0.05, 0.1) is 24.4 Å². The Bertz CT molecular complexity index is 196. The Morgan fingerprint density at radius 3 is 1.44 bits per heavy atom. The van der Waals surface area contributed by atoms with Crippen LogP contribution in [0.15, 0.2) is 0 Å². The van der Waals surface area contributed by atoms with Crippen LogP contribution < -0.4 is 10.6 Å². The number of methoxy groups -OCH3 is 2. The highest BCUT2D eigenvalue weighted by molar-refractivity contribution is 4.77. The van der Waals surface area contributed by atoms with Gasteiger partial charge in [-0.2, -0.15) is 0 Å². The smallest absolute Gasteiger partial charge is 0.0926 e. The number of piperidine rings is 2. The first-order valence-electron chi connectivity index (χ1n) is 6.52. The van der Waals surface area contributed by atoms with E-state index in [0.29, 0.717) is 13.1 Å². The molecule has 2 aliphatic heterocycles. The highest BCUT2D eigenvalue weighted by atomic mass is 16.5. The van der Waals surface area contributed by atoms with E-state index in [4.69, 9.17) is 9.47 Å². The number of ether oxygens (including phenoxy) is 2. The number of nitrogens with one attached hydrogen (secondary N) is 2. The van der Waals surface area contributed by atoms with Gasteiger partial charge in [0.2, 0.25) is 0 Å². The Hall–Kier alpha value is -0.240. The molecule has 18 heavy (non-hydrogen) atoms. The number of β-amino-alcohol motifs (C(OH)–C–C–N with tert-alkyl or cyclic N) is 2. The summed E-state index contributed by atoms with van der Waals surface area (Å²) >= 11 is 0. The molecule has 4 atom stereocenters. The van der Waals surface area contributed by atoms with E-state index in [0.717, 1.165) is 25.9 Å². The standard InChI is InChI=1S/2C6H13NO2/c2*1-9-6-2-3-7-4-5(6)8/h2*5-8H,2-4H2,1H3/t2*5-,6-/m10/s1. The van der Waals surface area contributed by atoms with Gasteiger partial charge in [-0.05, 0) is 25.9 Å². The van der Waals surface area contributed by atoms with Gasteiger partial charge in [-0.1, -0.05) is 0 Å². The fourth-order valence-electron chi connectivity index (χ4n) is 2.19.